The molecule has 5 nitrogen and oxygen atoms in total. The smallest absolute Gasteiger partial charge is 0.284 e. The number of nitrogens with one attached hydrogen (secondary N) is 1. The zero-order chi connectivity index (χ0) is 9.72. The normalized spacial score (nSPS) is 9.75. The molecule has 0 unspecified atom stereocenters. The van der Waals surface area contributed by atoms with Crippen molar-refractivity contribution in [3.05, 3.63) is 0 Å². The summed E-state index contributed by atoms with van der Waals surface area (Å²) in [5.41, 5.74) is 0. The van der Waals surface area contributed by atoms with E-state index < -0.39 is 11.9 Å². The highest BCUT2D eigenvalue weighted by Crippen LogP contribution is 1.92. The summed E-state index contributed by atoms with van der Waals surface area (Å²) in [5, 5.41) is 11.3. The first-order valence-electron chi connectivity index (χ1n) is 3.37. The molecule has 0 saturated carbocycles. The molecule has 0 atom stereocenters. The lowest BCUT2D eigenvalue weighted by Crippen LogP contribution is -2.44. The third-order valence-corrected chi connectivity index (χ3v) is 1.31. The van der Waals surface area contributed by atoms with Crippen molar-refractivity contribution in [1.82, 2.24) is 10.4 Å². The molecule has 0 rings (SSSR count). The van der Waals surface area contributed by atoms with E-state index >= 15 is 0 Å². The number of rotatable bonds is 2. The number of hydrogen-bond acceptors (Lipinski definition) is 3. The summed E-state index contributed by atoms with van der Waals surface area (Å²) in [4.78, 5) is 21.4. The standard InChI is InChI=1S/C6H11ClN2O3/c1-4(2)9(12)6(11)8-5(10)3-7/h4,12H,3H2,1-2H3,(H,8,10,11). The van der Waals surface area contributed by atoms with Crippen LogP contribution >= 0.6 is 11.6 Å². The molecule has 0 bridgehead atoms. The molecular formula is C6H11ClN2O3. The maximum Gasteiger partial charge on any atom is 0.348 e. The molecule has 0 aromatic rings. The van der Waals surface area contributed by atoms with Crippen molar-refractivity contribution in [3.63, 3.8) is 0 Å². The Kier molecular flexibility index (Phi) is 4.61. The topological polar surface area (TPSA) is 69.6 Å². The predicted octanol–water partition coefficient (Wildman–Crippen LogP) is 0.561. The van der Waals surface area contributed by atoms with Crippen molar-refractivity contribution in [1.29, 1.82) is 0 Å². The molecule has 0 saturated heterocycles. The first kappa shape index (κ1) is 11.2. The van der Waals surface area contributed by atoms with Crippen LogP contribution in [0.4, 0.5) is 4.79 Å². The van der Waals surface area contributed by atoms with Gasteiger partial charge in [0, 0.05) is 0 Å². The Balaban J connectivity index is 3.96. The van der Waals surface area contributed by atoms with E-state index in [9.17, 15) is 9.59 Å². The van der Waals surface area contributed by atoms with E-state index in [4.69, 9.17) is 16.8 Å². The fourth-order valence-electron chi connectivity index (χ4n) is 0.444. The van der Waals surface area contributed by atoms with Crippen LogP contribution in [0.1, 0.15) is 13.8 Å². The number of amides is 3. The lowest BCUT2D eigenvalue weighted by atomic mass is 10.4. The number of urea groups is 1. The Morgan fingerprint density at radius 1 is 1.58 bits per heavy atom. The highest BCUT2D eigenvalue weighted by Gasteiger charge is 2.15. The minimum Gasteiger partial charge on any atom is -0.284 e. The predicted molar refractivity (Wildman–Crippen MR) is 43.0 cm³/mol. The van der Waals surface area contributed by atoms with Gasteiger partial charge in [-0.05, 0) is 13.8 Å². The van der Waals surface area contributed by atoms with E-state index in [1.165, 1.54) is 0 Å². The van der Waals surface area contributed by atoms with Gasteiger partial charge in [0.2, 0.25) is 5.91 Å². The summed E-state index contributed by atoms with van der Waals surface area (Å²) in [6, 6.07) is -1.25. The van der Waals surface area contributed by atoms with Crippen molar-refractivity contribution in [2.75, 3.05) is 5.88 Å². The molecule has 0 aromatic heterocycles. The highest BCUT2D eigenvalue weighted by atomic mass is 35.5. The Morgan fingerprint density at radius 3 is 2.42 bits per heavy atom. The van der Waals surface area contributed by atoms with Crippen LogP contribution in [-0.2, 0) is 4.79 Å². The van der Waals surface area contributed by atoms with Crippen LogP contribution in [0.2, 0.25) is 0 Å². The first-order valence-corrected chi connectivity index (χ1v) is 3.90. The van der Waals surface area contributed by atoms with Gasteiger partial charge in [-0.3, -0.25) is 15.3 Å². The van der Waals surface area contributed by atoms with E-state index in [0.717, 1.165) is 0 Å². The average Bonchev–Trinajstić information content (AvgIpc) is 2.02. The van der Waals surface area contributed by atoms with Crippen molar-refractivity contribution in [2.24, 2.45) is 0 Å². The number of carbonyl (C=O) groups excluding carboxylic acids is 2. The van der Waals surface area contributed by atoms with Gasteiger partial charge in [-0.15, -0.1) is 11.6 Å². The number of halogens is 1. The van der Waals surface area contributed by atoms with Crippen molar-refractivity contribution in [2.45, 2.75) is 19.9 Å². The second kappa shape index (κ2) is 4.95. The summed E-state index contributed by atoms with van der Waals surface area (Å²) < 4.78 is 0. The minimum atomic E-state index is -0.865. The monoisotopic (exact) mass is 194 g/mol. The van der Waals surface area contributed by atoms with Crippen LogP contribution in [0, 0.1) is 0 Å². The van der Waals surface area contributed by atoms with Crippen molar-refractivity contribution in [3.8, 4) is 0 Å². The number of imide groups is 1. The Bertz CT molecular complexity index is 184. The zero-order valence-electron chi connectivity index (χ0n) is 6.87. The van der Waals surface area contributed by atoms with Gasteiger partial charge in [-0.1, -0.05) is 0 Å². The first-order chi connectivity index (χ1) is 5.49. The summed E-state index contributed by atoms with van der Waals surface area (Å²) in [7, 11) is 0. The van der Waals surface area contributed by atoms with Gasteiger partial charge >= 0.3 is 6.03 Å². The molecule has 0 heterocycles. The van der Waals surface area contributed by atoms with Gasteiger partial charge in [0.15, 0.2) is 0 Å². The molecular weight excluding hydrogens is 184 g/mol. The largest absolute Gasteiger partial charge is 0.348 e. The van der Waals surface area contributed by atoms with Crippen LogP contribution < -0.4 is 5.32 Å². The lowest BCUT2D eigenvalue weighted by Gasteiger charge is -2.18. The van der Waals surface area contributed by atoms with Crippen LogP contribution in [0.5, 0.6) is 0 Å². The average molecular weight is 195 g/mol. The van der Waals surface area contributed by atoms with Crippen LogP contribution in [0.15, 0.2) is 0 Å². The van der Waals surface area contributed by atoms with E-state index in [-0.39, 0.29) is 11.9 Å². The number of nitrogens with zero attached hydrogens (tertiary/aromatic N) is 1. The number of alkyl halides is 1. The van der Waals surface area contributed by atoms with E-state index in [1.54, 1.807) is 13.8 Å². The van der Waals surface area contributed by atoms with Gasteiger partial charge in [0.25, 0.3) is 0 Å². The lowest BCUT2D eigenvalue weighted by molar-refractivity contribution is -0.119. The quantitative estimate of drug-likeness (QED) is 0.384. The SMILES string of the molecule is CC(C)N(O)C(=O)NC(=O)CCl. The summed E-state index contributed by atoms with van der Waals surface area (Å²) in [5.74, 6) is -0.945. The second-order valence-corrected chi connectivity index (χ2v) is 2.69. The third kappa shape index (κ3) is 3.54. The summed E-state index contributed by atoms with van der Waals surface area (Å²) in [6.45, 7) is 3.20. The molecule has 0 spiro atoms. The van der Waals surface area contributed by atoms with Gasteiger partial charge in [0.05, 0.1) is 6.04 Å². The fraction of sp³-hybridized carbons (Fsp3) is 0.667. The molecule has 70 valence electrons. The van der Waals surface area contributed by atoms with E-state index in [2.05, 4.69) is 0 Å². The molecule has 0 radical (unpaired) electrons. The minimum absolute atomic E-state index is 0.308. The highest BCUT2D eigenvalue weighted by molar-refractivity contribution is 6.28. The third-order valence-electron chi connectivity index (χ3n) is 1.06. The Morgan fingerprint density at radius 2 is 2.08 bits per heavy atom. The maximum atomic E-state index is 10.8. The van der Waals surface area contributed by atoms with Crippen LogP contribution in [0.25, 0.3) is 0 Å². The molecule has 0 aliphatic heterocycles. The molecule has 0 aliphatic rings. The summed E-state index contributed by atoms with van der Waals surface area (Å²) in [6.07, 6.45) is 0. The fourth-order valence-corrected chi connectivity index (χ4v) is 0.511. The van der Waals surface area contributed by atoms with Gasteiger partial charge in [-0.25, -0.2) is 9.86 Å². The molecule has 0 fully saturated rings. The van der Waals surface area contributed by atoms with Gasteiger partial charge in [-0.2, -0.15) is 0 Å². The molecule has 6 heteroatoms. The summed E-state index contributed by atoms with van der Waals surface area (Å²) >= 11 is 5.12. The van der Waals surface area contributed by atoms with Crippen LogP contribution in [0.3, 0.4) is 0 Å². The zero-order valence-corrected chi connectivity index (χ0v) is 7.63. The van der Waals surface area contributed by atoms with Crippen molar-refractivity contribution >= 4 is 23.5 Å². The second-order valence-electron chi connectivity index (χ2n) is 2.43. The number of hydrogen-bond donors (Lipinski definition) is 2. The van der Waals surface area contributed by atoms with Crippen LogP contribution in [-0.4, -0.2) is 34.1 Å². The Hall–Kier alpha value is -0.810. The maximum absolute atomic E-state index is 10.8. The molecule has 0 aliphatic carbocycles. The molecule has 0 aromatic carbocycles. The van der Waals surface area contributed by atoms with E-state index in [1.807, 2.05) is 5.32 Å². The van der Waals surface area contributed by atoms with Crippen molar-refractivity contribution < 1.29 is 14.8 Å². The van der Waals surface area contributed by atoms with E-state index in [0.29, 0.717) is 5.06 Å². The number of carbonyl (C=O) groups is 2. The van der Waals surface area contributed by atoms with Gasteiger partial charge < -0.3 is 0 Å². The molecule has 12 heavy (non-hydrogen) atoms. The molecule has 2 N–H and O–H groups in total. The molecule has 3 amide bonds. The Labute approximate surface area is 75.2 Å². The number of hydroxylamine groups is 2. The van der Waals surface area contributed by atoms with Gasteiger partial charge in [0.1, 0.15) is 5.88 Å².